The molecule has 1 aliphatic carbocycles. The summed E-state index contributed by atoms with van der Waals surface area (Å²) in [5, 5.41) is 20.4. The number of rotatable bonds is 7. The van der Waals surface area contributed by atoms with Crippen LogP contribution in [0.15, 0.2) is 83.0 Å². The lowest BCUT2D eigenvalue weighted by Crippen LogP contribution is -2.50. The van der Waals surface area contributed by atoms with Gasteiger partial charge in [-0.1, -0.05) is 31.0 Å². The van der Waals surface area contributed by atoms with Crippen LogP contribution in [0.25, 0.3) is 34.0 Å². The van der Waals surface area contributed by atoms with Crippen molar-refractivity contribution in [3.63, 3.8) is 0 Å². The molecule has 3 aliphatic rings. The number of H-pyrrole nitrogens is 2. The van der Waals surface area contributed by atoms with E-state index in [9.17, 15) is 20.1 Å². The number of anilines is 1. The lowest BCUT2D eigenvalue weighted by Gasteiger charge is -2.39. The number of fused-ring (bicyclic) bond motifs is 2. The van der Waals surface area contributed by atoms with Gasteiger partial charge >= 0.3 is 11.7 Å². The van der Waals surface area contributed by atoms with Crippen LogP contribution in [0.4, 0.5) is 5.95 Å². The summed E-state index contributed by atoms with van der Waals surface area (Å²) in [6, 6.07) is 16.9. The molecule has 0 radical (unpaired) electrons. The number of benzene rings is 1. The molecule has 0 bridgehead atoms. The van der Waals surface area contributed by atoms with Crippen LogP contribution in [0.2, 0.25) is 0 Å². The second kappa shape index (κ2) is 14.1. The minimum atomic E-state index is -0.582. The Balaban J connectivity index is 1.00. The third-order valence-corrected chi connectivity index (χ3v) is 11.6. The summed E-state index contributed by atoms with van der Waals surface area (Å²) in [5.74, 6) is 1.76. The molecule has 1 aromatic carbocycles. The number of ether oxygens (including phenoxy) is 2. The molecule has 2 aliphatic heterocycles. The fraction of sp³-hybridized carbons (Fsp3) is 0.317. The Morgan fingerprint density at radius 2 is 1.71 bits per heavy atom. The molecule has 8 heterocycles. The van der Waals surface area contributed by atoms with E-state index in [1.54, 1.807) is 42.9 Å². The minimum Gasteiger partial charge on any atom is -0.424 e. The van der Waals surface area contributed by atoms with Gasteiger partial charge in [-0.2, -0.15) is 20.5 Å². The van der Waals surface area contributed by atoms with Crippen molar-refractivity contribution in [3.8, 4) is 35.5 Å². The maximum Gasteiger partial charge on any atom is 0.323 e. The van der Waals surface area contributed by atoms with E-state index in [4.69, 9.17) is 14.5 Å². The lowest BCUT2D eigenvalue weighted by molar-refractivity contribution is -0.699. The van der Waals surface area contributed by atoms with Crippen LogP contribution in [0.1, 0.15) is 73.7 Å². The van der Waals surface area contributed by atoms with Crippen molar-refractivity contribution in [2.24, 2.45) is 0 Å². The SMILES string of the molecule is N#Cc1c[nH]c2ncc(=O)n(-c3ccnc(N4CCCC5(CC([n+]6cc(=O)n(-c7ccnc(Oc8ccccc8)n7)c7c(C#N)c(C8CCCC8)[nH]c76)CO5)C4)n3)c12. The van der Waals surface area contributed by atoms with Crippen molar-refractivity contribution in [2.75, 3.05) is 24.6 Å². The quantitative estimate of drug-likeness (QED) is 0.216. The third kappa shape index (κ3) is 5.95. The molecule has 10 rings (SSSR count). The maximum absolute atomic E-state index is 14.4. The van der Waals surface area contributed by atoms with Crippen LogP contribution < -0.4 is 25.3 Å². The molecule has 7 aromatic rings. The van der Waals surface area contributed by atoms with E-state index in [1.807, 2.05) is 22.8 Å². The minimum absolute atomic E-state index is 0.0746. The molecule has 288 valence electrons. The van der Waals surface area contributed by atoms with Crippen LogP contribution in [-0.4, -0.2) is 69.3 Å². The van der Waals surface area contributed by atoms with Gasteiger partial charge in [0.2, 0.25) is 5.95 Å². The van der Waals surface area contributed by atoms with E-state index in [2.05, 4.69) is 46.9 Å². The molecular formula is C41H36N13O4+. The van der Waals surface area contributed by atoms with Crippen LogP contribution in [0.3, 0.4) is 0 Å². The first-order chi connectivity index (χ1) is 28.4. The molecule has 2 unspecified atom stereocenters. The highest BCUT2D eigenvalue weighted by Crippen LogP contribution is 2.41. The highest BCUT2D eigenvalue weighted by molar-refractivity contribution is 5.81. The smallest absolute Gasteiger partial charge is 0.323 e. The van der Waals surface area contributed by atoms with Gasteiger partial charge in [-0.05, 0) is 37.8 Å². The predicted molar refractivity (Wildman–Crippen MR) is 208 cm³/mol. The summed E-state index contributed by atoms with van der Waals surface area (Å²) < 4.78 is 17.4. The monoisotopic (exact) mass is 774 g/mol. The van der Waals surface area contributed by atoms with E-state index in [1.165, 1.54) is 21.5 Å². The zero-order valence-electron chi connectivity index (χ0n) is 31.2. The Labute approximate surface area is 329 Å². The fourth-order valence-electron chi connectivity index (χ4n) is 9.00. The number of hydrogen-bond acceptors (Lipinski definition) is 12. The highest BCUT2D eigenvalue weighted by Gasteiger charge is 2.47. The van der Waals surface area contributed by atoms with Crippen molar-refractivity contribution in [1.82, 2.24) is 44.0 Å². The second-order valence-corrected chi connectivity index (χ2v) is 15.1. The average Bonchev–Trinajstić information content (AvgIpc) is 4.08. The molecule has 1 spiro atoms. The average molecular weight is 775 g/mol. The van der Waals surface area contributed by atoms with Gasteiger partial charge < -0.3 is 19.4 Å². The van der Waals surface area contributed by atoms with Crippen molar-refractivity contribution in [2.45, 2.75) is 62.5 Å². The molecule has 58 heavy (non-hydrogen) atoms. The maximum atomic E-state index is 14.4. The summed E-state index contributed by atoms with van der Waals surface area (Å²) in [7, 11) is 0. The number of nitrogens with one attached hydrogen (secondary N) is 2. The van der Waals surface area contributed by atoms with Crippen LogP contribution >= 0.6 is 0 Å². The molecule has 2 N–H and O–H groups in total. The third-order valence-electron chi connectivity index (χ3n) is 11.6. The number of aromatic amines is 2. The standard InChI is InChI=1S/C41H35N13O4/c42-18-26-20-46-37-35(26)53(32(55)21-47-37)30-11-14-44-39(48-30)51-16-6-13-41(24-51)17-27(23-57-41)52-22-33(56)54(31-12-15-45-40(49-31)58-28-9-2-1-3-10-28)36-29(19-43)34(50-38(36)52)25-7-4-5-8-25/h1-3,9-12,14-15,20-22,25,27,50H,4-8,13,16-17,23-24H2/p+1. The molecule has 2 atom stereocenters. The number of piperidine rings is 1. The zero-order valence-corrected chi connectivity index (χ0v) is 31.2. The van der Waals surface area contributed by atoms with E-state index in [0.29, 0.717) is 71.5 Å². The number of nitrogens with zero attached hydrogens (tertiary/aromatic N) is 11. The molecule has 17 heteroatoms. The summed E-state index contributed by atoms with van der Waals surface area (Å²) >= 11 is 0. The molecule has 0 amide bonds. The van der Waals surface area contributed by atoms with Gasteiger partial charge in [-0.15, -0.1) is 0 Å². The van der Waals surface area contributed by atoms with Crippen LogP contribution in [0, 0.1) is 22.7 Å². The normalized spacial score (nSPS) is 19.6. The second-order valence-electron chi connectivity index (χ2n) is 15.1. The highest BCUT2D eigenvalue weighted by atomic mass is 16.5. The van der Waals surface area contributed by atoms with Gasteiger partial charge in [-0.25, -0.2) is 29.1 Å². The van der Waals surface area contributed by atoms with Gasteiger partial charge in [0.1, 0.15) is 52.3 Å². The Hall–Kier alpha value is -7.24. The number of para-hydroxylation sites is 1. The van der Waals surface area contributed by atoms with Gasteiger partial charge in [-0.3, -0.25) is 14.2 Å². The van der Waals surface area contributed by atoms with Crippen LogP contribution in [-0.2, 0) is 4.74 Å². The van der Waals surface area contributed by atoms with Crippen molar-refractivity contribution >= 4 is 28.3 Å². The van der Waals surface area contributed by atoms with E-state index in [0.717, 1.165) is 44.2 Å². The van der Waals surface area contributed by atoms with Gasteiger partial charge in [0.25, 0.3) is 11.1 Å². The Bertz CT molecular complexity index is 2930. The van der Waals surface area contributed by atoms with Gasteiger partial charge in [0.15, 0.2) is 17.4 Å². The molecule has 17 nitrogen and oxygen atoms in total. The zero-order chi connectivity index (χ0) is 39.4. The Morgan fingerprint density at radius 3 is 2.52 bits per heavy atom. The number of hydrogen-bond donors (Lipinski definition) is 2. The molecule has 3 fully saturated rings. The summed E-state index contributed by atoms with van der Waals surface area (Å²) in [4.78, 5) is 58.6. The van der Waals surface area contributed by atoms with Crippen molar-refractivity contribution in [3.05, 3.63) is 111 Å². The van der Waals surface area contributed by atoms with Crippen LogP contribution in [0.5, 0.6) is 11.8 Å². The summed E-state index contributed by atoms with van der Waals surface area (Å²) in [6.07, 6.45) is 13.7. The first-order valence-corrected chi connectivity index (χ1v) is 19.3. The van der Waals surface area contributed by atoms with Crippen molar-refractivity contribution in [1.29, 1.82) is 10.5 Å². The van der Waals surface area contributed by atoms with E-state index in [-0.39, 0.29) is 34.9 Å². The van der Waals surface area contributed by atoms with Gasteiger partial charge in [0.05, 0.1) is 30.5 Å². The predicted octanol–water partition coefficient (Wildman–Crippen LogP) is 4.41. The van der Waals surface area contributed by atoms with Gasteiger partial charge in [0, 0.05) is 49.6 Å². The van der Waals surface area contributed by atoms with E-state index < -0.39 is 11.2 Å². The molecule has 2 saturated heterocycles. The first kappa shape index (κ1) is 35.2. The molecular weight excluding hydrogens is 739 g/mol. The number of nitriles is 2. The Kier molecular flexibility index (Phi) is 8.53. The summed E-state index contributed by atoms with van der Waals surface area (Å²) in [5.41, 5.74) is 2.03. The fourth-order valence-corrected chi connectivity index (χ4v) is 9.00. The molecule has 6 aromatic heterocycles. The Morgan fingerprint density at radius 1 is 0.914 bits per heavy atom. The lowest BCUT2D eigenvalue weighted by atomic mass is 9.88. The topological polar surface area (TPSA) is 213 Å². The number of aromatic nitrogens is 10. The largest absolute Gasteiger partial charge is 0.424 e. The van der Waals surface area contributed by atoms with E-state index >= 15 is 0 Å². The summed E-state index contributed by atoms with van der Waals surface area (Å²) in [6.45, 7) is 1.49. The van der Waals surface area contributed by atoms with Crippen molar-refractivity contribution < 1.29 is 14.0 Å². The first-order valence-electron chi connectivity index (χ1n) is 19.3. The molecule has 1 saturated carbocycles.